The monoisotopic (exact) mass is 280 g/mol. The first-order chi connectivity index (χ1) is 9.65. The van der Waals surface area contributed by atoms with Crippen LogP contribution in [0, 0.1) is 0 Å². The Kier molecular flexibility index (Phi) is 5.17. The molecule has 1 aliphatic rings. The molecular weight excluding hydrogens is 258 g/mol. The van der Waals surface area contributed by atoms with Crippen molar-refractivity contribution in [1.29, 1.82) is 0 Å². The average molecular weight is 280 g/mol. The standard InChI is InChI=1S/C14H21N3O3/c1-11-5-2-3-7-17(11)10-13(18)16-14(19)15-9-12-6-4-8-20-12/h4,6,8,11H,2-3,5,7,9-10H2,1H3,(H2,15,16,18,19)/p+1/t11-/m0/s1. The van der Waals surface area contributed by atoms with E-state index < -0.39 is 6.03 Å². The molecule has 2 rings (SSSR count). The summed E-state index contributed by atoms with van der Waals surface area (Å²) in [5.41, 5.74) is 0. The van der Waals surface area contributed by atoms with E-state index in [4.69, 9.17) is 4.42 Å². The molecular formula is C14H22N3O3+. The van der Waals surface area contributed by atoms with Crippen molar-refractivity contribution in [2.24, 2.45) is 0 Å². The van der Waals surface area contributed by atoms with Gasteiger partial charge in [-0.15, -0.1) is 0 Å². The second-order valence-corrected chi connectivity index (χ2v) is 5.29. The van der Waals surface area contributed by atoms with Gasteiger partial charge in [-0.05, 0) is 38.3 Å². The van der Waals surface area contributed by atoms with Gasteiger partial charge >= 0.3 is 6.03 Å². The summed E-state index contributed by atoms with van der Waals surface area (Å²) in [6.45, 7) is 3.79. The molecule has 3 N–H and O–H groups in total. The summed E-state index contributed by atoms with van der Waals surface area (Å²) in [5, 5.41) is 4.95. The van der Waals surface area contributed by atoms with Gasteiger partial charge in [0.25, 0.3) is 5.91 Å². The zero-order valence-corrected chi connectivity index (χ0v) is 11.8. The van der Waals surface area contributed by atoms with E-state index in [1.165, 1.54) is 11.3 Å². The first-order valence-corrected chi connectivity index (χ1v) is 7.10. The lowest BCUT2D eigenvalue weighted by molar-refractivity contribution is -0.920. The van der Waals surface area contributed by atoms with Gasteiger partial charge in [-0.3, -0.25) is 10.1 Å². The van der Waals surface area contributed by atoms with Crippen LogP contribution in [0.1, 0.15) is 31.9 Å². The van der Waals surface area contributed by atoms with E-state index in [1.807, 2.05) is 0 Å². The first-order valence-electron chi connectivity index (χ1n) is 7.10. The van der Waals surface area contributed by atoms with Crippen LogP contribution in [-0.2, 0) is 11.3 Å². The minimum absolute atomic E-state index is 0.231. The molecule has 0 bridgehead atoms. The highest BCUT2D eigenvalue weighted by Gasteiger charge is 2.24. The van der Waals surface area contributed by atoms with Gasteiger partial charge < -0.3 is 14.6 Å². The third-order valence-electron chi connectivity index (χ3n) is 3.73. The number of furan rings is 1. The van der Waals surface area contributed by atoms with Crippen LogP contribution < -0.4 is 15.5 Å². The van der Waals surface area contributed by atoms with Crippen molar-refractivity contribution in [3.05, 3.63) is 24.2 Å². The Balaban J connectivity index is 1.69. The largest absolute Gasteiger partial charge is 0.467 e. The van der Waals surface area contributed by atoms with Gasteiger partial charge in [-0.2, -0.15) is 0 Å². The molecule has 0 radical (unpaired) electrons. The van der Waals surface area contributed by atoms with E-state index in [0.29, 0.717) is 18.3 Å². The molecule has 3 amide bonds. The molecule has 2 heterocycles. The Morgan fingerprint density at radius 2 is 2.30 bits per heavy atom. The average Bonchev–Trinajstić information content (AvgIpc) is 2.92. The Labute approximate surface area is 118 Å². The predicted molar refractivity (Wildman–Crippen MR) is 73.1 cm³/mol. The molecule has 2 atom stereocenters. The van der Waals surface area contributed by atoms with Crippen LogP contribution in [0.2, 0.25) is 0 Å². The van der Waals surface area contributed by atoms with Gasteiger partial charge in [0, 0.05) is 0 Å². The van der Waals surface area contributed by atoms with Gasteiger partial charge in [-0.25, -0.2) is 4.79 Å². The number of hydrogen-bond acceptors (Lipinski definition) is 3. The lowest BCUT2D eigenvalue weighted by atomic mass is 10.0. The molecule has 1 aromatic rings. The molecule has 0 aromatic carbocycles. The molecule has 1 saturated heterocycles. The maximum absolute atomic E-state index is 11.8. The maximum Gasteiger partial charge on any atom is 0.321 e. The molecule has 1 unspecified atom stereocenters. The molecule has 1 aromatic heterocycles. The topological polar surface area (TPSA) is 75.8 Å². The molecule has 6 nitrogen and oxygen atoms in total. The summed E-state index contributed by atoms with van der Waals surface area (Å²) in [6, 6.07) is 3.53. The van der Waals surface area contributed by atoms with Gasteiger partial charge in [0.2, 0.25) is 0 Å². The number of amides is 3. The van der Waals surface area contributed by atoms with Crippen LogP contribution >= 0.6 is 0 Å². The fraction of sp³-hybridized carbons (Fsp3) is 0.571. The fourth-order valence-corrected chi connectivity index (χ4v) is 2.52. The number of carbonyl (C=O) groups excluding carboxylic acids is 2. The van der Waals surface area contributed by atoms with Crippen LogP contribution in [0.5, 0.6) is 0 Å². The van der Waals surface area contributed by atoms with Crippen LogP contribution in [0.15, 0.2) is 22.8 Å². The number of imide groups is 1. The smallest absolute Gasteiger partial charge is 0.321 e. The van der Waals surface area contributed by atoms with E-state index in [0.717, 1.165) is 19.4 Å². The van der Waals surface area contributed by atoms with Crippen LogP contribution in [0.25, 0.3) is 0 Å². The normalized spacial score (nSPS) is 22.2. The van der Waals surface area contributed by atoms with E-state index in [2.05, 4.69) is 17.6 Å². The van der Waals surface area contributed by atoms with E-state index in [9.17, 15) is 9.59 Å². The summed E-state index contributed by atoms with van der Waals surface area (Å²) >= 11 is 0. The third-order valence-corrected chi connectivity index (χ3v) is 3.73. The highest BCUT2D eigenvalue weighted by Crippen LogP contribution is 2.01. The quantitative estimate of drug-likeness (QED) is 0.730. The lowest BCUT2D eigenvalue weighted by Crippen LogP contribution is -3.17. The number of likely N-dealkylation sites (tertiary alicyclic amines) is 1. The predicted octanol–water partition coefficient (Wildman–Crippen LogP) is 0.0627. The Morgan fingerprint density at radius 1 is 1.45 bits per heavy atom. The number of nitrogens with one attached hydrogen (secondary N) is 3. The van der Waals surface area contributed by atoms with Crippen molar-refractivity contribution in [1.82, 2.24) is 10.6 Å². The number of rotatable bonds is 4. The zero-order valence-electron chi connectivity index (χ0n) is 11.8. The SMILES string of the molecule is C[C@H]1CCCC[NH+]1CC(=O)NC(=O)NCc1ccco1. The first kappa shape index (κ1) is 14.6. The molecule has 110 valence electrons. The zero-order chi connectivity index (χ0) is 14.4. The molecule has 0 aliphatic carbocycles. The number of piperidine rings is 1. The van der Waals surface area contributed by atoms with Crippen molar-refractivity contribution in [3.8, 4) is 0 Å². The number of hydrogen-bond donors (Lipinski definition) is 3. The summed E-state index contributed by atoms with van der Waals surface area (Å²) in [7, 11) is 0. The number of carbonyl (C=O) groups is 2. The van der Waals surface area contributed by atoms with Gasteiger partial charge in [-0.1, -0.05) is 0 Å². The van der Waals surface area contributed by atoms with Crippen LogP contribution in [0.4, 0.5) is 4.79 Å². The lowest BCUT2D eigenvalue weighted by Gasteiger charge is -2.29. The molecule has 0 saturated carbocycles. The van der Waals surface area contributed by atoms with Crippen molar-refractivity contribution >= 4 is 11.9 Å². The van der Waals surface area contributed by atoms with Crippen molar-refractivity contribution in [2.45, 2.75) is 38.8 Å². The van der Waals surface area contributed by atoms with Gasteiger partial charge in [0.1, 0.15) is 5.76 Å². The van der Waals surface area contributed by atoms with Crippen molar-refractivity contribution in [3.63, 3.8) is 0 Å². The molecule has 0 spiro atoms. The summed E-state index contributed by atoms with van der Waals surface area (Å²) in [5.74, 6) is 0.425. The number of urea groups is 1. The van der Waals surface area contributed by atoms with E-state index in [1.54, 1.807) is 18.4 Å². The third kappa shape index (κ3) is 4.38. The highest BCUT2D eigenvalue weighted by atomic mass is 16.3. The summed E-state index contributed by atoms with van der Waals surface area (Å²) in [6.07, 6.45) is 5.07. The molecule has 20 heavy (non-hydrogen) atoms. The molecule has 1 fully saturated rings. The second-order valence-electron chi connectivity index (χ2n) is 5.29. The van der Waals surface area contributed by atoms with Crippen molar-refractivity contribution in [2.75, 3.05) is 13.1 Å². The minimum Gasteiger partial charge on any atom is -0.467 e. The highest BCUT2D eigenvalue weighted by molar-refractivity contribution is 5.94. The van der Waals surface area contributed by atoms with Gasteiger partial charge in [0.05, 0.1) is 25.4 Å². The van der Waals surface area contributed by atoms with E-state index in [-0.39, 0.29) is 12.5 Å². The van der Waals surface area contributed by atoms with Crippen molar-refractivity contribution < 1.29 is 18.9 Å². The van der Waals surface area contributed by atoms with E-state index >= 15 is 0 Å². The Morgan fingerprint density at radius 3 is 3.00 bits per heavy atom. The number of quaternary nitrogens is 1. The Bertz CT molecular complexity index is 445. The minimum atomic E-state index is -0.476. The van der Waals surface area contributed by atoms with Gasteiger partial charge in [0.15, 0.2) is 6.54 Å². The van der Waals surface area contributed by atoms with Crippen LogP contribution in [-0.4, -0.2) is 31.1 Å². The second kappa shape index (κ2) is 7.09. The fourth-order valence-electron chi connectivity index (χ4n) is 2.52. The summed E-state index contributed by atoms with van der Waals surface area (Å²) in [4.78, 5) is 24.6. The molecule has 1 aliphatic heterocycles. The van der Waals surface area contributed by atoms with Crippen LogP contribution in [0.3, 0.4) is 0 Å². The maximum atomic E-state index is 11.8. The molecule has 6 heteroatoms. The summed E-state index contributed by atoms with van der Waals surface area (Å²) < 4.78 is 5.09. The Hall–Kier alpha value is -1.82.